The molecule has 0 fully saturated rings. The Bertz CT molecular complexity index is 987. The van der Waals surface area contributed by atoms with Crippen molar-refractivity contribution in [3.63, 3.8) is 0 Å². The van der Waals surface area contributed by atoms with Crippen LogP contribution >= 0.6 is 0 Å². The van der Waals surface area contributed by atoms with E-state index in [4.69, 9.17) is 23.4 Å². The molecule has 6 nitrogen and oxygen atoms in total. The lowest BCUT2D eigenvalue weighted by Gasteiger charge is -2.27. The van der Waals surface area contributed by atoms with E-state index in [0.717, 1.165) is 10.9 Å². The van der Waals surface area contributed by atoms with E-state index < -0.39 is 6.10 Å². The van der Waals surface area contributed by atoms with Crippen LogP contribution in [0.2, 0.25) is 0 Å². The zero-order valence-corrected chi connectivity index (χ0v) is 14.7. The summed E-state index contributed by atoms with van der Waals surface area (Å²) in [5.74, 6) is 2.25. The number of hydrogen-bond donors (Lipinski definition) is 0. The monoisotopic (exact) mass is 354 g/mol. The molecule has 0 spiro atoms. The van der Waals surface area contributed by atoms with Crippen LogP contribution in [0, 0.1) is 0 Å². The van der Waals surface area contributed by atoms with Crippen molar-refractivity contribution in [3.8, 4) is 23.0 Å². The number of methoxy groups -OCH3 is 3. The molecule has 26 heavy (non-hydrogen) atoms. The lowest BCUT2D eigenvalue weighted by atomic mass is 9.94. The van der Waals surface area contributed by atoms with Crippen molar-refractivity contribution in [2.75, 3.05) is 21.3 Å². The van der Waals surface area contributed by atoms with Crippen LogP contribution in [-0.4, -0.2) is 27.1 Å². The van der Waals surface area contributed by atoms with Gasteiger partial charge in [0, 0.05) is 0 Å². The standard InChI is InChI=1S/C20H18O6/c1-22-15-5-4-11(8-17(15)23-2)16-10-14(21)13-9-18(24-3)20-12(6-7-25-20)19(13)26-16/h4-9,16H,10H2,1-3H3/t16-/m0/s1. The van der Waals surface area contributed by atoms with E-state index in [1.54, 1.807) is 45.8 Å². The second-order valence-corrected chi connectivity index (χ2v) is 5.97. The summed E-state index contributed by atoms with van der Waals surface area (Å²) in [6, 6.07) is 8.96. The molecule has 1 aliphatic heterocycles. The molecule has 0 amide bonds. The minimum absolute atomic E-state index is 0.00700. The van der Waals surface area contributed by atoms with Crippen LogP contribution in [0.1, 0.15) is 28.4 Å². The van der Waals surface area contributed by atoms with E-state index in [1.807, 2.05) is 12.1 Å². The molecule has 1 atom stereocenters. The molecule has 2 heterocycles. The fourth-order valence-electron chi connectivity index (χ4n) is 3.27. The highest BCUT2D eigenvalue weighted by atomic mass is 16.5. The number of benzene rings is 2. The van der Waals surface area contributed by atoms with Crippen LogP contribution < -0.4 is 18.9 Å². The smallest absolute Gasteiger partial charge is 0.179 e. The third-order valence-corrected chi connectivity index (χ3v) is 4.58. The van der Waals surface area contributed by atoms with Gasteiger partial charge in [-0.3, -0.25) is 4.79 Å². The van der Waals surface area contributed by atoms with Crippen molar-refractivity contribution < 1.29 is 28.2 Å². The van der Waals surface area contributed by atoms with E-state index in [9.17, 15) is 4.79 Å². The number of carbonyl (C=O) groups excluding carboxylic acids is 1. The van der Waals surface area contributed by atoms with Gasteiger partial charge in [-0.1, -0.05) is 6.07 Å². The van der Waals surface area contributed by atoms with Crippen LogP contribution in [-0.2, 0) is 0 Å². The molecule has 2 aromatic carbocycles. The minimum Gasteiger partial charge on any atom is -0.493 e. The first kappa shape index (κ1) is 16.3. The van der Waals surface area contributed by atoms with Crippen LogP contribution in [0.25, 0.3) is 11.0 Å². The number of hydrogen-bond acceptors (Lipinski definition) is 6. The maximum Gasteiger partial charge on any atom is 0.179 e. The number of Topliss-reactive ketones (excluding diaryl/α,β-unsaturated/α-hetero) is 1. The summed E-state index contributed by atoms with van der Waals surface area (Å²) in [5.41, 5.74) is 1.91. The van der Waals surface area contributed by atoms with Crippen LogP contribution in [0.5, 0.6) is 23.0 Å². The zero-order chi connectivity index (χ0) is 18.3. The fraction of sp³-hybridized carbons (Fsp3) is 0.250. The Hall–Kier alpha value is -3.15. The topological polar surface area (TPSA) is 67.1 Å². The second kappa shape index (κ2) is 6.29. The predicted octanol–water partition coefficient (Wildman–Crippen LogP) is 4.17. The van der Waals surface area contributed by atoms with Crippen LogP contribution in [0.4, 0.5) is 0 Å². The van der Waals surface area contributed by atoms with Gasteiger partial charge >= 0.3 is 0 Å². The van der Waals surface area contributed by atoms with Gasteiger partial charge in [0.25, 0.3) is 0 Å². The van der Waals surface area contributed by atoms with Gasteiger partial charge in [-0.05, 0) is 29.8 Å². The Balaban J connectivity index is 1.79. The average molecular weight is 354 g/mol. The molecular formula is C20H18O6. The molecule has 0 saturated carbocycles. The number of rotatable bonds is 4. The van der Waals surface area contributed by atoms with E-state index >= 15 is 0 Å². The molecule has 0 aliphatic carbocycles. The highest BCUT2D eigenvalue weighted by Crippen LogP contribution is 2.44. The molecule has 1 aliphatic rings. The largest absolute Gasteiger partial charge is 0.493 e. The normalized spacial score (nSPS) is 16.1. The molecule has 0 saturated heterocycles. The van der Waals surface area contributed by atoms with Gasteiger partial charge in [0.05, 0.1) is 45.0 Å². The summed E-state index contributed by atoms with van der Waals surface area (Å²) >= 11 is 0. The predicted molar refractivity (Wildman–Crippen MR) is 94.6 cm³/mol. The Morgan fingerprint density at radius 3 is 2.46 bits per heavy atom. The third kappa shape index (κ3) is 2.45. The molecule has 134 valence electrons. The first-order valence-corrected chi connectivity index (χ1v) is 8.16. The third-order valence-electron chi connectivity index (χ3n) is 4.58. The summed E-state index contributed by atoms with van der Waals surface area (Å²) in [6.45, 7) is 0. The van der Waals surface area contributed by atoms with Crippen LogP contribution in [0.3, 0.4) is 0 Å². The lowest BCUT2D eigenvalue weighted by molar-refractivity contribution is 0.0852. The maximum atomic E-state index is 12.8. The van der Waals surface area contributed by atoms with Gasteiger partial charge in [-0.15, -0.1) is 0 Å². The molecule has 1 aromatic heterocycles. The fourth-order valence-corrected chi connectivity index (χ4v) is 3.27. The van der Waals surface area contributed by atoms with E-state index in [0.29, 0.717) is 34.1 Å². The first-order valence-electron chi connectivity index (χ1n) is 8.16. The molecule has 0 unspecified atom stereocenters. The van der Waals surface area contributed by atoms with Crippen molar-refractivity contribution in [3.05, 3.63) is 47.7 Å². The molecule has 0 radical (unpaired) electrons. The summed E-state index contributed by atoms with van der Waals surface area (Å²) < 4.78 is 27.7. The van der Waals surface area contributed by atoms with Crippen molar-refractivity contribution in [2.24, 2.45) is 0 Å². The second-order valence-electron chi connectivity index (χ2n) is 5.97. The van der Waals surface area contributed by atoms with Gasteiger partial charge < -0.3 is 23.4 Å². The van der Waals surface area contributed by atoms with Gasteiger partial charge in [0.1, 0.15) is 11.9 Å². The van der Waals surface area contributed by atoms with Crippen molar-refractivity contribution >= 4 is 16.8 Å². The van der Waals surface area contributed by atoms with Gasteiger partial charge in [-0.2, -0.15) is 0 Å². The molecular weight excluding hydrogens is 336 g/mol. The van der Waals surface area contributed by atoms with E-state index in [-0.39, 0.29) is 12.2 Å². The van der Waals surface area contributed by atoms with E-state index in [2.05, 4.69) is 0 Å². The van der Waals surface area contributed by atoms with E-state index in [1.165, 1.54) is 0 Å². The van der Waals surface area contributed by atoms with Crippen molar-refractivity contribution in [1.29, 1.82) is 0 Å². The Kier molecular flexibility index (Phi) is 3.95. The van der Waals surface area contributed by atoms with Crippen LogP contribution in [0.15, 0.2) is 41.0 Å². The molecule has 0 N–H and O–H groups in total. The molecule has 3 aromatic rings. The molecule has 6 heteroatoms. The number of ether oxygens (including phenoxy) is 4. The average Bonchev–Trinajstić information content (AvgIpc) is 3.17. The summed E-state index contributed by atoms with van der Waals surface area (Å²) in [5, 5.41) is 0.720. The number of ketones is 1. The minimum atomic E-state index is -0.415. The van der Waals surface area contributed by atoms with Gasteiger partial charge in [-0.25, -0.2) is 0 Å². The lowest BCUT2D eigenvalue weighted by Crippen LogP contribution is -2.20. The SMILES string of the molecule is COc1ccc([C@@H]2CC(=O)c3cc(OC)c4occc4c3O2)cc1OC. The molecule has 0 bridgehead atoms. The highest BCUT2D eigenvalue weighted by Gasteiger charge is 2.31. The molecule has 4 rings (SSSR count). The highest BCUT2D eigenvalue weighted by molar-refractivity contribution is 6.07. The Morgan fingerprint density at radius 2 is 1.73 bits per heavy atom. The maximum absolute atomic E-state index is 12.8. The van der Waals surface area contributed by atoms with Crippen molar-refractivity contribution in [1.82, 2.24) is 0 Å². The van der Waals surface area contributed by atoms with Gasteiger partial charge in [0.2, 0.25) is 0 Å². The summed E-state index contributed by atoms with van der Waals surface area (Å²) in [6.07, 6.45) is 1.37. The van der Waals surface area contributed by atoms with Crippen molar-refractivity contribution in [2.45, 2.75) is 12.5 Å². The summed E-state index contributed by atoms with van der Waals surface area (Å²) in [7, 11) is 4.70. The summed E-state index contributed by atoms with van der Waals surface area (Å²) in [4.78, 5) is 12.8. The Labute approximate surface area is 150 Å². The number of fused-ring (bicyclic) bond motifs is 3. The Morgan fingerprint density at radius 1 is 0.962 bits per heavy atom. The number of carbonyl (C=O) groups is 1. The van der Waals surface area contributed by atoms with Gasteiger partial charge in [0.15, 0.2) is 28.6 Å². The quantitative estimate of drug-likeness (QED) is 0.701. The first-order chi connectivity index (χ1) is 12.7. The number of furan rings is 1. The zero-order valence-electron chi connectivity index (χ0n) is 14.7.